The Bertz CT molecular complexity index is 332. The standard InChI is InChI=1S/C10H12BrFN2/c1-6-9(11)10(14-13-6)7-4-2-3-5-8(7)12/h2-6,9-10,13-14H,1H3. The van der Waals surface area contributed by atoms with Crippen LogP contribution in [0.3, 0.4) is 0 Å². The van der Waals surface area contributed by atoms with Gasteiger partial charge < -0.3 is 0 Å². The van der Waals surface area contributed by atoms with Gasteiger partial charge in [-0.05, 0) is 13.0 Å². The van der Waals surface area contributed by atoms with Gasteiger partial charge in [0.2, 0.25) is 0 Å². The topological polar surface area (TPSA) is 24.1 Å². The van der Waals surface area contributed by atoms with Gasteiger partial charge in [0.05, 0.1) is 10.9 Å². The van der Waals surface area contributed by atoms with Gasteiger partial charge in [-0.15, -0.1) is 0 Å². The predicted molar refractivity (Wildman–Crippen MR) is 57.6 cm³/mol. The minimum atomic E-state index is -0.162. The molecule has 3 unspecified atom stereocenters. The van der Waals surface area contributed by atoms with Crippen molar-refractivity contribution in [2.75, 3.05) is 0 Å². The minimum Gasteiger partial charge on any atom is -0.253 e. The van der Waals surface area contributed by atoms with Gasteiger partial charge in [-0.2, -0.15) is 0 Å². The molecule has 1 aliphatic heterocycles. The second-order valence-electron chi connectivity index (χ2n) is 3.52. The molecule has 1 heterocycles. The first-order chi connectivity index (χ1) is 6.70. The lowest BCUT2D eigenvalue weighted by atomic mass is 10.0. The van der Waals surface area contributed by atoms with Gasteiger partial charge in [0, 0.05) is 11.6 Å². The first kappa shape index (κ1) is 10.1. The van der Waals surface area contributed by atoms with Gasteiger partial charge in [0.15, 0.2) is 0 Å². The number of rotatable bonds is 1. The van der Waals surface area contributed by atoms with Crippen molar-refractivity contribution in [1.82, 2.24) is 10.9 Å². The predicted octanol–water partition coefficient (Wildman–Crippen LogP) is 2.13. The summed E-state index contributed by atoms with van der Waals surface area (Å²) in [4.78, 5) is 0.208. The summed E-state index contributed by atoms with van der Waals surface area (Å²) in [5, 5.41) is 0. The normalized spacial score (nSPS) is 32.1. The molecule has 3 atom stereocenters. The summed E-state index contributed by atoms with van der Waals surface area (Å²) >= 11 is 3.55. The summed E-state index contributed by atoms with van der Waals surface area (Å²) in [6, 6.07) is 7.13. The molecule has 2 N–H and O–H groups in total. The van der Waals surface area contributed by atoms with Gasteiger partial charge in [0.25, 0.3) is 0 Å². The van der Waals surface area contributed by atoms with E-state index in [1.165, 1.54) is 6.07 Å². The number of benzene rings is 1. The molecular weight excluding hydrogens is 247 g/mol. The van der Waals surface area contributed by atoms with Crippen LogP contribution in [0.4, 0.5) is 4.39 Å². The molecule has 2 rings (SSSR count). The lowest BCUT2D eigenvalue weighted by Gasteiger charge is -2.15. The smallest absolute Gasteiger partial charge is 0.128 e. The summed E-state index contributed by atoms with van der Waals surface area (Å²) in [6.07, 6.45) is 0. The van der Waals surface area contributed by atoms with Crippen LogP contribution >= 0.6 is 15.9 Å². The zero-order chi connectivity index (χ0) is 10.1. The fourth-order valence-corrected chi connectivity index (χ4v) is 2.19. The first-order valence-corrected chi connectivity index (χ1v) is 5.51. The van der Waals surface area contributed by atoms with Crippen LogP contribution in [0.1, 0.15) is 18.5 Å². The number of hydrogen-bond acceptors (Lipinski definition) is 2. The van der Waals surface area contributed by atoms with Gasteiger partial charge in [-0.1, -0.05) is 34.1 Å². The van der Waals surface area contributed by atoms with Crippen molar-refractivity contribution in [2.24, 2.45) is 0 Å². The lowest BCUT2D eigenvalue weighted by Crippen LogP contribution is -2.29. The summed E-state index contributed by atoms with van der Waals surface area (Å²) in [6.45, 7) is 2.05. The monoisotopic (exact) mass is 258 g/mol. The van der Waals surface area contributed by atoms with E-state index in [0.717, 1.165) is 0 Å². The van der Waals surface area contributed by atoms with E-state index in [0.29, 0.717) is 11.6 Å². The molecule has 1 aromatic rings. The third-order valence-corrected chi connectivity index (χ3v) is 3.82. The van der Waals surface area contributed by atoms with Crippen LogP contribution in [0, 0.1) is 5.82 Å². The molecule has 0 bridgehead atoms. The summed E-state index contributed by atoms with van der Waals surface area (Å²) in [5.41, 5.74) is 6.86. The van der Waals surface area contributed by atoms with Gasteiger partial charge in [-0.3, -0.25) is 5.43 Å². The Morgan fingerprint density at radius 1 is 1.29 bits per heavy atom. The van der Waals surface area contributed by atoms with Crippen LogP contribution in [0.15, 0.2) is 24.3 Å². The van der Waals surface area contributed by atoms with E-state index < -0.39 is 0 Å². The number of hydrogen-bond donors (Lipinski definition) is 2. The van der Waals surface area contributed by atoms with E-state index >= 15 is 0 Å². The van der Waals surface area contributed by atoms with E-state index in [-0.39, 0.29) is 16.7 Å². The van der Waals surface area contributed by atoms with Gasteiger partial charge in [-0.25, -0.2) is 9.82 Å². The molecule has 1 aliphatic rings. The molecule has 0 spiro atoms. The van der Waals surface area contributed by atoms with Crippen molar-refractivity contribution in [3.63, 3.8) is 0 Å². The molecular formula is C10H12BrFN2. The molecule has 0 amide bonds. The Labute approximate surface area is 91.0 Å². The Morgan fingerprint density at radius 3 is 2.57 bits per heavy atom. The van der Waals surface area contributed by atoms with Crippen molar-refractivity contribution in [2.45, 2.75) is 23.8 Å². The average molecular weight is 259 g/mol. The minimum absolute atomic E-state index is 0.00815. The number of hydrazine groups is 1. The van der Waals surface area contributed by atoms with Crippen LogP contribution < -0.4 is 10.9 Å². The van der Waals surface area contributed by atoms with Gasteiger partial charge in [0.1, 0.15) is 5.82 Å². The molecule has 0 radical (unpaired) electrons. The molecule has 2 nitrogen and oxygen atoms in total. The van der Waals surface area contributed by atoms with Crippen LogP contribution in [0.25, 0.3) is 0 Å². The third kappa shape index (κ3) is 1.69. The number of halogens is 2. The van der Waals surface area contributed by atoms with Crippen molar-refractivity contribution in [3.05, 3.63) is 35.6 Å². The van der Waals surface area contributed by atoms with E-state index in [2.05, 4.69) is 26.8 Å². The molecule has 14 heavy (non-hydrogen) atoms. The van der Waals surface area contributed by atoms with Crippen LogP contribution in [0.5, 0.6) is 0 Å². The Hall–Kier alpha value is -0.450. The highest BCUT2D eigenvalue weighted by molar-refractivity contribution is 9.09. The fraction of sp³-hybridized carbons (Fsp3) is 0.400. The first-order valence-electron chi connectivity index (χ1n) is 4.59. The average Bonchev–Trinajstić information content (AvgIpc) is 2.49. The van der Waals surface area contributed by atoms with E-state index in [1.807, 2.05) is 13.0 Å². The maximum Gasteiger partial charge on any atom is 0.128 e. The fourth-order valence-electron chi connectivity index (χ4n) is 1.65. The quantitative estimate of drug-likeness (QED) is 0.755. The lowest BCUT2D eigenvalue weighted by molar-refractivity contribution is 0.531. The molecule has 0 aliphatic carbocycles. The summed E-state index contributed by atoms with van der Waals surface area (Å²) < 4.78 is 13.5. The van der Waals surface area contributed by atoms with Crippen molar-refractivity contribution >= 4 is 15.9 Å². The maximum atomic E-state index is 13.5. The highest BCUT2D eigenvalue weighted by Gasteiger charge is 2.33. The molecule has 1 fully saturated rings. The zero-order valence-corrected chi connectivity index (χ0v) is 9.38. The second-order valence-corrected chi connectivity index (χ2v) is 4.58. The van der Waals surface area contributed by atoms with E-state index in [1.54, 1.807) is 12.1 Å². The molecule has 1 aromatic carbocycles. The van der Waals surface area contributed by atoms with E-state index in [9.17, 15) is 4.39 Å². The van der Waals surface area contributed by atoms with Crippen LogP contribution in [-0.2, 0) is 0 Å². The van der Waals surface area contributed by atoms with Crippen molar-refractivity contribution in [1.29, 1.82) is 0 Å². The molecule has 0 saturated carbocycles. The zero-order valence-electron chi connectivity index (χ0n) is 7.80. The Kier molecular flexibility index (Phi) is 2.85. The molecule has 76 valence electrons. The largest absolute Gasteiger partial charge is 0.253 e. The molecule has 1 saturated heterocycles. The third-order valence-electron chi connectivity index (χ3n) is 2.50. The van der Waals surface area contributed by atoms with Gasteiger partial charge >= 0.3 is 0 Å². The van der Waals surface area contributed by atoms with Crippen molar-refractivity contribution < 1.29 is 4.39 Å². The highest BCUT2D eigenvalue weighted by atomic mass is 79.9. The Balaban J connectivity index is 2.28. The molecule has 4 heteroatoms. The second kappa shape index (κ2) is 3.96. The Morgan fingerprint density at radius 2 is 2.00 bits per heavy atom. The highest BCUT2D eigenvalue weighted by Crippen LogP contribution is 2.29. The van der Waals surface area contributed by atoms with Crippen LogP contribution in [-0.4, -0.2) is 10.9 Å². The maximum absolute atomic E-state index is 13.5. The number of nitrogens with one attached hydrogen (secondary N) is 2. The summed E-state index contributed by atoms with van der Waals surface area (Å²) in [5.74, 6) is -0.162. The van der Waals surface area contributed by atoms with Crippen molar-refractivity contribution in [3.8, 4) is 0 Å². The SMILES string of the molecule is CC1NNC(c2ccccc2F)C1Br. The van der Waals surface area contributed by atoms with Crippen LogP contribution in [0.2, 0.25) is 0 Å². The molecule has 0 aromatic heterocycles. The van der Waals surface area contributed by atoms with E-state index in [4.69, 9.17) is 0 Å². The summed E-state index contributed by atoms with van der Waals surface area (Å²) in [7, 11) is 0. The number of alkyl halides is 1.